The number of fused-ring (bicyclic) bond motifs is 17. The maximum atomic E-state index is 7.16. The maximum Gasteiger partial charge on any atom is 0.159 e. The molecule has 18 aromatic rings. The number of para-hydroxylation sites is 6. The summed E-state index contributed by atoms with van der Waals surface area (Å²) < 4.78 is 19.1. The fourth-order valence-corrected chi connectivity index (χ4v) is 19.1. The van der Waals surface area contributed by atoms with Crippen molar-refractivity contribution in [3.8, 4) is 11.1 Å². The van der Waals surface area contributed by atoms with Crippen molar-refractivity contribution in [1.29, 1.82) is 0 Å². The summed E-state index contributed by atoms with van der Waals surface area (Å²) in [5.41, 5.74) is 22.5. The SMILES string of the molecule is CC(C)(C)c1ccc(N(c2ccc(C(C)(C)C)cc2)c2ccc(C3(c4ccc(C(C)(C)C)cc4)c4cc(N(c5ccccc5)c5cccc6c5oc5ccccc56)c5sc6ccccc6c5c4-c4c3cc(N(c3ccccc3)c3cccc5c3oc3ccccc35)c3sc5ccccc5c43)cc2)cc1. The lowest BCUT2D eigenvalue weighted by molar-refractivity contribution is 0.589. The summed E-state index contributed by atoms with van der Waals surface area (Å²) in [5, 5.41) is 9.18. The van der Waals surface area contributed by atoms with Crippen molar-refractivity contribution < 1.29 is 8.83 Å². The number of rotatable bonds is 11. The van der Waals surface area contributed by atoms with Crippen molar-refractivity contribution in [2.75, 3.05) is 14.7 Å². The van der Waals surface area contributed by atoms with Crippen LogP contribution in [0.15, 0.2) is 312 Å². The molecule has 0 aliphatic heterocycles. The van der Waals surface area contributed by atoms with Gasteiger partial charge in [0.15, 0.2) is 11.2 Å². The molecule has 19 rings (SSSR count). The molecular weight excluding hydrogens is 1300 g/mol. The summed E-state index contributed by atoms with van der Waals surface area (Å²) in [6.45, 7) is 20.7. The van der Waals surface area contributed by atoms with Crippen LogP contribution in [0.3, 0.4) is 0 Å². The van der Waals surface area contributed by atoms with Crippen molar-refractivity contribution in [2.24, 2.45) is 0 Å². The number of nitrogens with zero attached hydrogens (tertiary/aromatic N) is 3. The normalized spacial score (nSPS) is 13.1. The molecule has 0 N–H and O–H groups in total. The van der Waals surface area contributed by atoms with Crippen molar-refractivity contribution in [1.82, 2.24) is 0 Å². The molecule has 0 saturated carbocycles. The molecule has 1 aliphatic carbocycles. The minimum Gasteiger partial charge on any atom is -0.454 e. The standard InChI is InChI=1S/C97H77N3O2S2/c1-94(2,3)60-42-44-63(45-43-60)97(64-50-56-69(57-51-64)98(67-52-46-61(47-53-67)95(4,5)6)68-54-48-62(49-55-68)96(7,8)9)76-58-80(99(65-26-12-10-13-27-65)78-36-24-34-72-70-30-16-20-38-82(70)101-90(72)78)92-86(74-32-18-22-40-84(74)103-92)88(76)89-77(97)59-81(93-87(89)75-33-19-23-41-85(75)104-93)100(66-28-14-11-15-29-66)79-37-25-35-73-71-31-17-21-39-83(71)102-91(73)79/h10-59H,1-9H3. The number of hydrogen-bond donors (Lipinski definition) is 0. The summed E-state index contributed by atoms with van der Waals surface area (Å²) in [7, 11) is 0. The van der Waals surface area contributed by atoms with Crippen LogP contribution in [0.25, 0.3) is 95.3 Å². The van der Waals surface area contributed by atoms with Gasteiger partial charge in [0, 0.05) is 80.9 Å². The highest BCUT2D eigenvalue weighted by Gasteiger charge is 2.50. The largest absolute Gasteiger partial charge is 0.454 e. The fraction of sp³-hybridized carbons (Fsp3) is 0.134. The molecule has 5 nitrogen and oxygen atoms in total. The molecule has 0 saturated heterocycles. The van der Waals surface area contributed by atoms with Gasteiger partial charge in [0.2, 0.25) is 0 Å². The molecule has 0 amide bonds. The van der Waals surface area contributed by atoms with Gasteiger partial charge in [-0.25, -0.2) is 0 Å². The van der Waals surface area contributed by atoms with E-state index in [0.717, 1.165) is 106 Å². The third-order valence-corrected chi connectivity index (χ3v) is 24.2. The summed E-state index contributed by atoms with van der Waals surface area (Å²) in [6.07, 6.45) is 0. The number of benzene rings is 14. The molecule has 104 heavy (non-hydrogen) atoms. The van der Waals surface area contributed by atoms with Gasteiger partial charge >= 0.3 is 0 Å². The second-order valence-corrected chi connectivity index (χ2v) is 33.2. The van der Waals surface area contributed by atoms with E-state index in [0.29, 0.717) is 0 Å². The minimum atomic E-state index is -1.02. The lowest BCUT2D eigenvalue weighted by atomic mass is 9.67. The smallest absolute Gasteiger partial charge is 0.159 e. The lowest BCUT2D eigenvalue weighted by Crippen LogP contribution is -2.29. The zero-order chi connectivity index (χ0) is 70.5. The van der Waals surface area contributed by atoms with Gasteiger partial charge in [-0.3, -0.25) is 0 Å². The Bertz CT molecular complexity index is 6060. The van der Waals surface area contributed by atoms with E-state index < -0.39 is 5.41 Å². The Morgan fingerprint density at radius 3 is 0.990 bits per heavy atom. The first kappa shape index (κ1) is 63.4. The lowest BCUT2D eigenvalue weighted by Gasteiger charge is -2.37. The molecule has 0 bridgehead atoms. The van der Waals surface area contributed by atoms with E-state index in [4.69, 9.17) is 8.83 Å². The highest BCUT2D eigenvalue weighted by Crippen LogP contribution is 2.66. The van der Waals surface area contributed by atoms with Crippen LogP contribution < -0.4 is 14.7 Å². The molecule has 0 unspecified atom stereocenters. The van der Waals surface area contributed by atoms with Gasteiger partial charge in [-0.1, -0.05) is 256 Å². The van der Waals surface area contributed by atoms with Gasteiger partial charge in [0.05, 0.1) is 37.6 Å². The molecular formula is C97H77N3O2S2. The Morgan fingerprint density at radius 2 is 0.596 bits per heavy atom. The van der Waals surface area contributed by atoms with Gasteiger partial charge in [-0.15, -0.1) is 22.7 Å². The zero-order valence-electron chi connectivity index (χ0n) is 59.8. The van der Waals surface area contributed by atoms with E-state index in [-0.39, 0.29) is 16.2 Å². The quantitative estimate of drug-likeness (QED) is 0.129. The van der Waals surface area contributed by atoms with Gasteiger partial charge in [0.25, 0.3) is 0 Å². The maximum absolute atomic E-state index is 7.16. The van der Waals surface area contributed by atoms with E-state index >= 15 is 0 Å². The zero-order valence-corrected chi connectivity index (χ0v) is 61.5. The second kappa shape index (κ2) is 23.8. The number of hydrogen-bond acceptors (Lipinski definition) is 7. The molecule has 14 aromatic carbocycles. The molecule has 0 spiro atoms. The summed E-state index contributed by atoms with van der Waals surface area (Å²) in [4.78, 5) is 7.44. The predicted molar refractivity (Wildman–Crippen MR) is 444 cm³/mol. The fourth-order valence-electron chi connectivity index (χ4n) is 16.7. The van der Waals surface area contributed by atoms with Crippen LogP contribution in [0.4, 0.5) is 51.2 Å². The summed E-state index contributed by atoms with van der Waals surface area (Å²) in [5.74, 6) is 0. The van der Waals surface area contributed by atoms with Gasteiger partial charge < -0.3 is 23.5 Å². The topological polar surface area (TPSA) is 36.0 Å². The van der Waals surface area contributed by atoms with Crippen LogP contribution in [-0.2, 0) is 21.7 Å². The van der Waals surface area contributed by atoms with Crippen LogP contribution in [0.2, 0.25) is 0 Å². The van der Waals surface area contributed by atoms with E-state index in [2.05, 4.69) is 380 Å². The highest BCUT2D eigenvalue weighted by atomic mass is 32.1. The number of thiophene rings is 2. The molecule has 7 heteroatoms. The number of furan rings is 2. The summed E-state index contributed by atoms with van der Waals surface area (Å²) in [6, 6.07) is 114. The Morgan fingerprint density at radius 1 is 0.279 bits per heavy atom. The molecule has 4 heterocycles. The first-order chi connectivity index (χ1) is 50.5. The van der Waals surface area contributed by atoms with Crippen LogP contribution in [0, 0.1) is 0 Å². The van der Waals surface area contributed by atoms with Crippen LogP contribution in [0.1, 0.15) is 101 Å². The molecule has 1 aliphatic rings. The average molecular weight is 1380 g/mol. The van der Waals surface area contributed by atoms with Crippen molar-refractivity contribution in [3.05, 3.63) is 342 Å². The summed E-state index contributed by atoms with van der Waals surface area (Å²) >= 11 is 3.76. The Balaban J connectivity index is 0.989. The van der Waals surface area contributed by atoms with Crippen molar-refractivity contribution in [3.63, 3.8) is 0 Å². The van der Waals surface area contributed by atoms with Crippen molar-refractivity contribution in [2.45, 2.75) is 84.0 Å². The minimum absolute atomic E-state index is 0.0219. The molecule has 4 aromatic heterocycles. The Labute approximate surface area is 614 Å². The molecule has 0 radical (unpaired) electrons. The monoisotopic (exact) mass is 1380 g/mol. The van der Waals surface area contributed by atoms with Crippen molar-refractivity contribution >= 4 is 158 Å². The van der Waals surface area contributed by atoms with Crippen LogP contribution in [-0.4, -0.2) is 0 Å². The highest BCUT2D eigenvalue weighted by molar-refractivity contribution is 7.27. The van der Waals surface area contributed by atoms with Gasteiger partial charge in [-0.05, 0) is 176 Å². The van der Waals surface area contributed by atoms with Gasteiger partial charge in [0.1, 0.15) is 11.2 Å². The van der Waals surface area contributed by atoms with E-state index in [1.165, 1.54) is 79.3 Å². The Hall–Kier alpha value is -11.5. The Kier molecular flexibility index (Phi) is 14.5. The van der Waals surface area contributed by atoms with Crippen LogP contribution in [0.5, 0.6) is 0 Å². The molecule has 0 fully saturated rings. The van der Waals surface area contributed by atoms with E-state index in [1.54, 1.807) is 0 Å². The van der Waals surface area contributed by atoms with Crippen LogP contribution >= 0.6 is 22.7 Å². The first-order valence-electron chi connectivity index (χ1n) is 36.2. The second-order valence-electron chi connectivity index (χ2n) is 31.1. The third-order valence-electron chi connectivity index (χ3n) is 21.8. The number of anilines is 9. The predicted octanol–water partition coefficient (Wildman–Crippen LogP) is 28.9. The molecule has 504 valence electrons. The van der Waals surface area contributed by atoms with E-state index in [9.17, 15) is 0 Å². The third kappa shape index (κ3) is 9.91. The average Bonchev–Trinajstić information content (AvgIpc) is 1.49. The first-order valence-corrected chi connectivity index (χ1v) is 37.8. The van der Waals surface area contributed by atoms with Gasteiger partial charge in [-0.2, -0.15) is 0 Å². The van der Waals surface area contributed by atoms with E-state index in [1.807, 2.05) is 22.7 Å². The molecule has 0 atom stereocenters.